The summed E-state index contributed by atoms with van der Waals surface area (Å²) >= 11 is 0. The Morgan fingerprint density at radius 2 is 1.95 bits per heavy atom. The normalized spacial score (nSPS) is 12.2. The van der Waals surface area contributed by atoms with Crippen LogP contribution in [-0.2, 0) is 20.6 Å². The van der Waals surface area contributed by atoms with Gasteiger partial charge in [-0.3, -0.25) is 18.3 Å². The molecule has 0 N–H and O–H groups in total. The molecule has 7 nitrogen and oxygen atoms in total. The molecule has 0 amide bonds. The molecule has 0 unspecified atom stereocenters. The SMILES string of the molecule is C/C=C/Cn1c(C)cn2c3c(=O)n(C)c(=O)n(C)c3nc12. The predicted octanol–water partition coefficient (Wildman–Crippen LogP) is 0.571. The van der Waals surface area contributed by atoms with Crippen LogP contribution in [0.1, 0.15) is 12.6 Å². The highest BCUT2D eigenvalue weighted by Crippen LogP contribution is 2.15. The molecule has 3 aromatic rings. The molecule has 0 aromatic carbocycles. The zero-order valence-corrected chi connectivity index (χ0v) is 12.5. The maximum atomic E-state index is 12.4. The summed E-state index contributed by atoms with van der Waals surface area (Å²) in [6.07, 6.45) is 5.86. The Kier molecular flexibility index (Phi) is 2.86. The summed E-state index contributed by atoms with van der Waals surface area (Å²) in [7, 11) is 3.10. The molecule has 0 bridgehead atoms. The van der Waals surface area contributed by atoms with Crippen LogP contribution < -0.4 is 11.2 Å². The van der Waals surface area contributed by atoms with Gasteiger partial charge in [0.05, 0.1) is 0 Å². The van der Waals surface area contributed by atoms with E-state index in [0.29, 0.717) is 23.5 Å². The number of nitrogens with zero attached hydrogens (tertiary/aromatic N) is 5. The summed E-state index contributed by atoms with van der Waals surface area (Å²) < 4.78 is 6.27. The van der Waals surface area contributed by atoms with E-state index in [-0.39, 0.29) is 11.2 Å². The average Bonchev–Trinajstić information content (AvgIpc) is 2.96. The monoisotopic (exact) mass is 287 g/mol. The lowest BCUT2D eigenvalue weighted by Gasteiger charge is -2.02. The van der Waals surface area contributed by atoms with Gasteiger partial charge < -0.3 is 4.57 Å². The molecular formula is C14H17N5O2. The number of hydrogen-bond donors (Lipinski definition) is 0. The second kappa shape index (κ2) is 4.47. The van der Waals surface area contributed by atoms with E-state index in [1.165, 1.54) is 11.6 Å². The minimum absolute atomic E-state index is 0.330. The van der Waals surface area contributed by atoms with Gasteiger partial charge in [-0.1, -0.05) is 12.2 Å². The Labute approximate surface area is 120 Å². The maximum absolute atomic E-state index is 12.4. The third-order valence-electron chi connectivity index (χ3n) is 3.78. The van der Waals surface area contributed by atoms with Gasteiger partial charge in [0.15, 0.2) is 11.2 Å². The number of hydrogen-bond acceptors (Lipinski definition) is 3. The fraction of sp³-hybridized carbons (Fsp3) is 0.357. The van der Waals surface area contributed by atoms with Crippen LogP contribution in [0.3, 0.4) is 0 Å². The van der Waals surface area contributed by atoms with Crippen molar-refractivity contribution in [1.29, 1.82) is 0 Å². The molecule has 0 aliphatic carbocycles. The third-order valence-corrected chi connectivity index (χ3v) is 3.78. The van der Waals surface area contributed by atoms with Crippen molar-refractivity contribution < 1.29 is 0 Å². The van der Waals surface area contributed by atoms with Gasteiger partial charge in [0.1, 0.15) is 0 Å². The van der Waals surface area contributed by atoms with Gasteiger partial charge in [0.25, 0.3) is 5.56 Å². The van der Waals surface area contributed by atoms with Gasteiger partial charge in [-0.2, -0.15) is 4.98 Å². The van der Waals surface area contributed by atoms with Crippen LogP contribution in [0.15, 0.2) is 27.9 Å². The molecule has 7 heteroatoms. The van der Waals surface area contributed by atoms with Gasteiger partial charge in [0.2, 0.25) is 5.78 Å². The number of imidazole rings is 2. The summed E-state index contributed by atoms with van der Waals surface area (Å²) in [5, 5.41) is 0. The minimum Gasteiger partial charge on any atom is -0.310 e. The lowest BCUT2D eigenvalue weighted by molar-refractivity contribution is 0.707. The van der Waals surface area contributed by atoms with E-state index in [1.54, 1.807) is 11.4 Å². The van der Waals surface area contributed by atoms with E-state index in [2.05, 4.69) is 4.98 Å². The lowest BCUT2D eigenvalue weighted by atomic mass is 10.4. The fourth-order valence-corrected chi connectivity index (χ4v) is 2.57. The highest BCUT2D eigenvalue weighted by molar-refractivity contribution is 5.75. The molecule has 0 spiro atoms. The molecule has 3 heterocycles. The van der Waals surface area contributed by atoms with Crippen LogP contribution in [0.25, 0.3) is 16.9 Å². The lowest BCUT2D eigenvalue weighted by Crippen LogP contribution is -2.37. The number of rotatable bonds is 2. The minimum atomic E-state index is -0.370. The van der Waals surface area contributed by atoms with Crippen molar-refractivity contribution in [3.05, 3.63) is 44.9 Å². The second-order valence-corrected chi connectivity index (χ2v) is 5.11. The van der Waals surface area contributed by atoms with Crippen LogP contribution in [0.5, 0.6) is 0 Å². The number of allylic oxidation sites excluding steroid dienone is 2. The van der Waals surface area contributed by atoms with Crippen molar-refractivity contribution in [3.8, 4) is 0 Å². The first-order valence-electron chi connectivity index (χ1n) is 6.72. The Morgan fingerprint density at radius 3 is 2.62 bits per heavy atom. The van der Waals surface area contributed by atoms with Gasteiger partial charge in [-0.15, -0.1) is 0 Å². The van der Waals surface area contributed by atoms with Crippen molar-refractivity contribution in [2.75, 3.05) is 0 Å². The summed E-state index contributed by atoms with van der Waals surface area (Å²) in [4.78, 5) is 28.9. The zero-order valence-electron chi connectivity index (χ0n) is 12.5. The first kappa shape index (κ1) is 13.4. The van der Waals surface area contributed by atoms with Crippen LogP contribution in [0.2, 0.25) is 0 Å². The quantitative estimate of drug-likeness (QED) is 0.647. The predicted molar refractivity (Wildman–Crippen MR) is 80.7 cm³/mol. The van der Waals surface area contributed by atoms with Crippen LogP contribution in [0.4, 0.5) is 0 Å². The van der Waals surface area contributed by atoms with Crippen molar-refractivity contribution in [3.63, 3.8) is 0 Å². The van der Waals surface area contributed by atoms with Crippen molar-refractivity contribution in [2.45, 2.75) is 20.4 Å². The summed E-state index contributed by atoms with van der Waals surface area (Å²) in [6.45, 7) is 4.60. The number of aromatic nitrogens is 5. The van der Waals surface area contributed by atoms with Crippen LogP contribution in [-0.4, -0.2) is 23.1 Å². The molecule has 3 rings (SSSR count). The molecule has 0 aliphatic heterocycles. The molecule has 0 aliphatic rings. The Bertz CT molecular complexity index is 997. The Hall–Kier alpha value is -2.57. The molecule has 0 saturated carbocycles. The first-order valence-corrected chi connectivity index (χ1v) is 6.72. The van der Waals surface area contributed by atoms with E-state index in [4.69, 9.17) is 0 Å². The van der Waals surface area contributed by atoms with Crippen molar-refractivity contribution in [1.82, 2.24) is 23.1 Å². The highest BCUT2D eigenvalue weighted by atomic mass is 16.2. The van der Waals surface area contributed by atoms with E-state index in [1.807, 2.05) is 36.8 Å². The number of aryl methyl sites for hydroxylation is 2. The van der Waals surface area contributed by atoms with Gasteiger partial charge in [-0.05, 0) is 13.8 Å². The third kappa shape index (κ3) is 1.70. The van der Waals surface area contributed by atoms with Crippen LogP contribution >= 0.6 is 0 Å². The topological polar surface area (TPSA) is 66.2 Å². The zero-order chi connectivity index (χ0) is 15.3. The first-order chi connectivity index (χ1) is 9.97. The smallest absolute Gasteiger partial charge is 0.310 e. The summed E-state index contributed by atoms with van der Waals surface area (Å²) in [5.41, 5.74) is 1.14. The average molecular weight is 287 g/mol. The molecule has 0 radical (unpaired) electrons. The highest BCUT2D eigenvalue weighted by Gasteiger charge is 2.18. The van der Waals surface area contributed by atoms with Crippen molar-refractivity contribution >= 4 is 16.9 Å². The van der Waals surface area contributed by atoms with Crippen molar-refractivity contribution in [2.24, 2.45) is 14.1 Å². The molecular weight excluding hydrogens is 270 g/mol. The maximum Gasteiger partial charge on any atom is 0.332 e. The van der Waals surface area contributed by atoms with E-state index >= 15 is 0 Å². The molecule has 110 valence electrons. The fourth-order valence-electron chi connectivity index (χ4n) is 2.57. The summed E-state index contributed by atoms with van der Waals surface area (Å²) in [5.74, 6) is 0.666. The Morgan fingerprint density at radius 1 is 1.24 bits per heavy atom. The van der Waals surface area contributed by atoms with E-state index in [0.717, 1.165) is 10.3 Å². The molecule has 21 heavy (non-hydrogen) atoms. The summed E-state index contributed by atoms with van der Waals surface area (Å²) in [6, 6.07) is 0. The standard InChI is InChI=1S/C14H17N5O2/c1-5-6-7-18-9(2)8-19-10-11(15-13(18)19)16(3)14(21)17(4)12(10)20/h5-6,8H,7H2,1-4H3/b6-5+. The molecule has 0 saturated heterocycles. The van der Waals surface area contributed by atoms with Gasteiger partial charge in [-0.25, -0.2) is 4.79 Å². The molecule has 3 aromatic heterocycles. The Balaban J connectivity index is 2.51. The molecule has 0 atom stereocenters. The largest absolute Gasteiger partial charge is 0.332 e. The van der Waals surface area contributed by atoms with Crippen LogP contribution in [0, 0.1) is 6.92 Å². The van der Waals surface area contributed by atoms with E-state index < -0.39 is 0 Å². The van der Waals surface area contributed by atoms with E-state index in [9.17, 15) is 9.59 Å². The van der Waals surface area contributed by atoms with Gasteiger partial charge >= 0.3 is 5.69 Å². The second-order valence-electron chi connectivity index (χ2n) is 5.11. The number of fused-ring (bicyclic) bond motifs is 3. The molecule has 0 fully saturated rings. The van der Waals surface area contributed by atoms with Gasteiger partial charge in [0, 0.05) is 32.5 Å².